The molecule has 0 spiro atoms. The van der Waals surface area contributed by atoms with Crippen molar-refractivity contribution in [3.63, 3.8) is 0 Å². The van der Waals surface area contributed by atoms with E-state index in [1.807, 2.05) is 0 Å². The molecule has 0 bridgehead atoms. The highest BCUT2D eigenvalue weighted by Crippen LogP contribution is 2.36. The van der Waals surface area contributed by atoms with Crippen LogP contribution >= 0.6 is 0 Å². The first-order valence-electron chi connectivity index (χ1n) is 7.65. The minimum absolute atomic E-state index is 0.0161. The van der Waals surface area contributed by atoms with E-state index in [0.717, 1.165) is 64.6 Å². The van der Waals surface area contributed by atoms with Crippen LogP contribution < -0.4 is 5.32 Å². The average molecular weight is 263 g/mol. The average Bonchev–Trinajstić information content (AvgIpc) is 2.48. The number of carbonyl (C=O) groups excluding carboxylic acids is 1. The van der Waals surface area contributed by atoms with Crippen molar-refractivity contribution in [2.24, 2.45) is 5.41 Å². The third-order valence-corrected chi connectivity index (χ3v) is 4.64. The monoisotopic (exact) mass is 263 g/mol. The fraction of sp³-hybridized carbons (Fsp3) is 0.867. The molecule has 1 saturated heterocycles. The minimum Gasteiger partial charge on any atom is -0.351 e. The van der Waals surface area contributed by atoms with Gasteiger partial charge in [-0.1, -0.05) is 26.2 Å². The molecule has 1 amide bonds. The van der Waals surface area contributed by atoms with Gasteiger partial charge in [-0.15, -0.1) is 0 Å². The molecule has 2 fully saturated rings. The summed E-state index contributed by atoms with van der Waals surface area (Å²) in [5, 5.41) is 12.6. The number of hydrogen-bond acceptors (Lipinski definition) is 3. The Bertz CT molecular complexity index is 355. The Morgan fingerprint density at radius 3 is 2.74 bits per heavy atom. The molecule has 2 aliphatic rings. The number of nitrogens with one attached hydrogen (secondary N) is 1. The van der Waals surface area contributed by atoms with E-state index in [4.69, 9.17) is 0 Å². The van der Waals surface area contributed by atoms with Crippen molar-refractivity contribution < 1.29 is 4.79 Å². The number of hydrogen-bond donors (Lipinski definition) is 1. The molecule has 1 atom stereocenters. The van der Waals surface area contributed by atoms with Gasteiger partial charge in [0, 0.05) is 12.6 Å². The van der Waals surface area contributed by atoms with Crippen molar-refractivity contribution >= 4 is 5.91 Å². The predicted octanol–water partition coefficient (Wildman–Crippen LogP) is 2.06. The number of rotatable bonds is 3. The van der Waals surface area contributed by atoms with Crippen LogP contribution in [-0.4, -0.2) is 36.5 Å². The Balaban J connectivity index is 1.94. The lowest BCUT2D eigenvalue weighted by Gasteiger charge is -2.35. The van der Waals surface area contributed by atoms with Crippen molar-refractivity contribution in [1.29, 1.82) is 5.26 Å². The highest BCUT2D eigenvalue weighted by molar-refractivity contribution is 5.85. The summed E-state index contributed by atoms with van der Waals surface area (Å²) in [6.07, 6.45) is 6.82. The van der Waals surface area contributed by atoms with E-state index in [1.54, 1.807) is 0 Å². The molecule has 1 unspecified atom stereocenters. The van der Waals surface area contributed by atoms with Gasteiger partial charge in [0.05, 0.1) is 6.07 Å². The lowest BCUT2D eigenvalue weighted by molar-refractivity contribution is -0.130. The van der Waals surface area contributed by atoms with Gasteiger partial charge in [0.2, 0.25) is 5.91 Å². The van der Waals surface area contributed by atoms with Crippen LogP contribution in [0.2, 0.25) is 0 Å². The summed E-state index contributed by atoms with van der Waals surface area (Å²) in [5.74, 6) is -0.0161. The van der Waals surface area contributed by atoms with Crippen LogP contribution in [0.1, 0.15) is 51.9 Å². The topological polar surface area (TPSA) is 56.1 Å². The normalized spacial score (nSPS) is 27.5. The van der Waals surface area contributed by atoms with Gasteiger partial charge in [0.1, 0.15) is 5.41 Å². The van der Waals surface area contributed by atoms with Crippen molar-refractivity contribution in [1.82, 2.24) is 10.2 Å². The molecular weight excluding hydrogens is 238 g/mol. The molecule has 0 aromatic carbocycles. The second-order valence-electron chi connectivity index (χ2n) is 5.96. The lowest BCUT2D eigenvalue weighted by atomic mass is 9.74. The summed E-state index contributed by atoms with van der Waals surface area (Å²) < 4.78 is 0. The second kappa shape index (κ2) is 6.38. The smallest absolute Gasteiger partial charge is 0.240 e. The van der Waals surface area contributed by atoms with Gasteiger partial charge in [0.25, 0.3) is 0 Å². The molecule has 4 heteroatoms. The number of nitrogens with zero attached hydrogens (tertiary/aromatic N) is 2. The van der Waals surface area contributed by atoms with E-state index in [9.17, 15) is 10.1 Å². The van der Waals surface area contributed by atoms with E-state index in [1.165, 1.54) is 0 Å². The van der Waals surface area contributed by atoms with Gasteiger partial charge in [0.15, 0.2) is 0 Å². The van der Waals surface area contributed by atoms with Crippen molar-refractivity contribution in [3.8, 4) is 6.07 Å². The summed E-state index contributed by atoms with van der Waals surface area (Å²) in [6, 6.07) is 2.54. The fourth-order valence-electron chi connectivity index (χ4n) is 3.33. The van der Waals surface area contributed by atoms with Crippen LogP contribution in [0, 0.1) is 16.7 Å². The summed E-state index contributed by atoms with van der Waals surface area (Å²) in [6.45, 7) is 5.26. The molecule has 19 heavy (non-hydrogen) atoms. The minimum atomic E-state index is -0.743. The van der Waals surface area contributed by atoms with E-state index in [2.05, 4.69) is 23.2 Å². The molecule has 106 valence electrons. The van der Waals surface area contributed by atoms with E-state index >= 15 is 0 Å². The second-order valence-corrected chi connectivity index (χ2v) is 5.96. The number of nitriles is 1. The number of likely N-dealkylation sites (N-methyl/N-ethyl adjacent to an activating group) is 1. The third kappa shape index (κ3) is 3.27. The summed E-state index contributed by atoms with van der Waals surface area (Å²) >= 11 is 0. The zero-order chi connectivity index (χ0) is 13.7. The van der Waals surface area contributed by atoms with Crippen LogP contribution in [0.5, 0.6) is 0 Å². The molecule has 1 saturated carbocycles. The molecule has 4 nitrogen and oxygen atoms in total. The maximum Gasteiger partial charge on any atom is 0.240 e. The SMILES string of the molecule is CCN1CCCC(NC(=O)C2(C#N)CCCCC2)C1. The number of amides is 1. The quantitative estimate of drug-likeness (QED) is 0.848. The Labute approximate surface area is 116 Å². The first kappa shape index (κ1) is 14.3. The van der Waals surface area contributed by atoms with Crippen LogP contribution in [0.15, 0.2) is 0 Å². The maximum atomic E-state index is 12.5. The third-order valence-electron chi connectivity index (χ3n) is 4.64. The van der Waals surface area contributed by atoms with Crippen molar-refractivity contribution in [2.75, 3.05) is 19.6 Å². The Morgan fingerprint density at radius 2 is 2.11 bits per heavy atom. The van der Waals surface area contributed by atoms with Gasteiger partial charge < -0.3 is 10.2 Å². The van der Waals surface area contributed by atoms with Crippen LogP contribution in [0.3, 0.4) is 0 Å². The van der Waals surface area contributed by atoms with Crippen molar-refractivity contribution in [3.05, 3.63) is 0 Å². The van der Waals surface area contributed by atoms with Gasteiger partial charge in [-0.25, -0.2) is 0 Å². The summed E-state index contributed by atoms with van der Waals surface area (Å²) in [4.78, 5) is 14.8. The van der Waals surface area contributed by atoms with E-state index < -0.39 is 5.41 Å². The standard InChI is InChI=1S/C15H25N3O/c1-2-18-10-6-7-13(11-18)17-14(19)15(12-16)8-4-3-5-9-15/h13H,2-11H2,1H3,(H,17,19). The zero-order valence-corrected chi connectivity index (χ0v) is 12.0. The molecule has 0 aromatic rings. The van der Waals surface area contributed by atoms with E-state index in [-0.39, 0.29) is 11.9 Å². The molecule has 1 aliphatic carbocycles. The fourth-order valence-corrected chi connectivity index (χ4v) is 3.33. The highest BCUT2D eigenvalue weighted by Gasteiger charge is 2.40. The van der Waals surface area contributed by atoms with Gasteiger partial charge in [-0.2, -0.15) is 5.26 Å². The molecule has 0 aromatic heterocycles. The first-order chi connectivity index (χ1) is 9.20. The number of likely N-dealkylation sites (tertiary alicyclic amines) is 1. The largest absolute Gasteiger partial charge is 0.351 e. The first-order valence-corrected chi connectivity index (χ1v) is 7.65. The van der Waals surface area contributed by atoms with Crippen LogP contribution in [0.25, 0.3) is 0 Å². The van der Waals surface area contributed by atoms with Gasteiger partial charge in [-0.3, -0.25) is 4.79 Å². The zero-order valence-electron chi connectivity index (χ0n) is 12.0. The predicted molar refractivity (Wildman–Crippen MR) is 74.4 cm³/mol. The Kier molecular flexibility index (Phi) is 4.81. The van der Waals surface area contributed by atoms with Crippen LogP contribution in [-0.2, 0) is 4.79 Å². The van der Waals surface area contributed by atoms with Gasteiger partial charge >= 0.3 is 0 Å². The molecule has 1 aliphatic heterocycles. The lowest BCUT2D eigenvalue weighted by Crippen LogP contribution is -2.52. The summed E-state index contributed by atoms with van der Waals surface area (Å²) in [5.41, 5.74) is -0.743. The van der Waals surface area contributed by atoms with E-state index in [0.29, 0.717) is 0 Å². The van der Waals surface area contributed by atoms with Crippen molar-refractivity contribution in [2.45, 2.75) is 57.9 Å². The molecule has 0 radical (unpaired) electrons. The summed E-state index contributed by atoms with van der Waals surface area (Å²) in [7, 11) is 0. The molecule has 1 heterocycles. The molecule has 2 rings (SSSR count). The highest BCUT2D eigenvalue weighted by atomic mass is 16.2. The van der Waals surface area contributed by atoms with Gasteiger partial charge in [-0.05, 0) is 38.8 Å². The Hall–Kier alpha value is -1.08. The molecular formula is C15H25N3O. The number of piperidine rings is 1. The number of carbonyl (C=O) groups is 1. The maximum absolute atomic E-state index is 12.5. The Morgan fingerprint density at radius 1 is 1.37 bits per heavy atom. The molecule has 1 N–H and O–H groups in total. The van der Waals surface area contributed by atoms with Crippen LogP contribution in [0.4, 0.5) is 0 Å².